The van der Waals surface area contributed by atoms with E-state index >= 15 is 0 Å². The molecule has 0 aliphatic carbocycles. The van der Waals surface area contributed by atoms with Crippen LogP contribution in [0.3, 0.4) is 0 Å². The SMILES string of the molecule is CCC(S)(NC(=O)C(S)c1nc(CN)no1)c1c(O[Si](C)C(C)(C)C(C)C)c(O[Si](C)C(C)(C)C(C)C)c(OC)c(C)c1C(=O)OC. The number of carbonyl (C=O) groups is 2. The molecule has 47 heavy (non-hydrogen) atoms. The number of benzene rings is 1. The number of carbonyl (C=O) groups excluding carboxylic acids is 2. The number of amides is 1. The topological polar surface area (TPSA) is 148 Å². The van der Waals surface area contributed by atoms with Crippen molar-refractivity contribution < 1.29 is 32.4 Å². The van der Waals surface area contributed by atoms with Gasteiger partial charge in [0.1, 0.15) is 4.87 Å². The van der Waals surface area contributed by atoms with Gasteiger partial charge < -0.3 is 33.9 Å². The minimum Gasteiger partial charge on any atom is -0.539 e. The Morgan fingerprint density at radius 1 is 0.979 bits per heavy atom. The van der Waals surface area contributed by atoms with Gasteiger partial charge in [0.15, 0.2) is 28.3 Å². The number of nitrogens with zero attached hydrogens (tertiary/aromatic N) is 2. The summed E-state index contributed by atoms with van der Waals surface area (Å²) in [7, 11) is -0.414. The summed E-state index contributed by atoms with van der Waals surface area (Å²) in [5.41, 5.74) is 6.57. The maximum absolute atomic E-state index is 13.8. The van der Waals surface area contributed by atoms with Gasteiger partial charge in [-0.25, -0.2) is 4.79 Å². The van der Waals surface area contributed by atoms with Crippen LogP contribution >= 0.6 is 25.3 Å². The van der Waals surface area contributed by atoms with E-state index in [1.165, 1.54) is 14.2 Å². The van der Waals surface area contributed by atoms with E-state index in [2.05, 4.69) is 96.6 Å². The summed E-state index contributed by atoms with van der Waals surface area (Å²) >= 11 is 9.59. The van der Waals surface area contributed by atoms with Gasteiger partial charge in [-0.05, 0) is 48.4 Å². The molecule has 1 aromatic heterocycles. The minimum absolute atomic E-state index is 0.0236. The second kappa shape index (κ2) is 16.0. The number of methoxy groups -OCH3 is 2. The molecule has 2 aromatic rings. The van der Waals surface area contributed by atoms with Gasteiger partial charge in [-0.15, -0.1) is 12.6 Å². The quantitative estimate of drug-likeness (QED) is 0.0631. The Bertz CT molecular complexity index is 1420. The van der Waals surface area contributed by atoms with Gasteiger partial charge in [0.05, 0.1) is 26.3 Å². The average Bonchev–Trinajstić information content (AvgIpc) is 3.50. The first-order chi connectivity index (χ1) is 21.7. The number of hydrogen-bond donors (Lipinski definition) is 4. The summed E-state index contributed by atoms with van der Waals surface area (Å²) in [6.45, 7) is 25.2. The number of rotatable bonds is 16. The molecule has 1 heterocycles. The molecule has 2 rings (SSSR count). The molecule has 0 bridgehead atoms. The van der Waals surface area contributed by atoms with Gasteiger partial charge in [-0.2, -0.15) is 17.6 Å². The molecule has 1 aromatic carbocycles. The molecule has 264 valence electrons. The van der Waals surface area contributed by atoms with Crippen LogP contribution in [0.5, 0.6) is 17.2 Å². The molecule has 0 saturated heterocycles. The maximum atomic E-state index is 13.8. The average molecular weight is 727 g/mol. The van der Waals surface area contributed by atoms with Crippen molar-refractivity contribution in [3.8, 4) is 17.2 Å². The molecule has 0 aliphatic heterocycles. The van der Waals surface area contributed by atoms with Crippen molar-refractivity contribution in [3.05, 3.63) is 28.4 Å². The summed E-state index contributed by atoms with van der Waals surface area (Å²) in [6, 6.07) is 0. The lowest BCUT2D eigenvalue weighted by atomic mass is 9.91. The monoisotopic (exact) mass is 726 g/mol. The summed E-state index contributed by atoms with van der Waals surface area (Å²) in [4.78, 5) is 30.2. The lowest BCUT2D eigenvalue weighted by Crippen LogP contribution is -2.45. The van der Waals surface area contributed by atoms with Crippen molar-refractivity contribution >= 4 is 55.2 Å². The lowest BCUT2D eigenvalue weighted by Gasteiger charge is -2.40. The third kappa shape index (κ3) is 8.51. The van der Waals surface area contributed by atoms with Crippen LogP contribution in [0.1, 0.15) is 107 Å². The van der Waals surface area contributed by atoms with Crippen LogP contribution in [0.2, 0.25) is 23.2 Å². The van der Waals surface area contributed by atoms with Gasteiger partial charge in [0, 0.05) is 11.1 Å². The van der Waals surface area contributed by atoms with Crippen LogP contribution in [0, 0.1) is 18.8 Å². The van der Waals surface area contributed by atoms with Crippen LogP contribution in [0.4, 0.5) is 0 Å². The molecule has 2 unspecified atom stereocenters. The molecule has 0 fully saturated rings. The summed E-state index contributed by atoms with van der Waals surface area (Å²) in [5.74, 6) is 0.596. The Labute approximate surface area is 295 Å². The fourth-order valence-electron chi connectivity index (χ4n) is 4.54. The summed E-state index contributed by atoms with van der Waals surface area (Å²) in [6.07, 6.45) is 0.229. The Hall–Kier alpha value is -2.21. The highest BCUT2D eigenvalue weighted by atomic mass is 32.1. The van der Waals surface area contributed by atoms with E-state index < -0.39 is 40.1 Å². The molecule has 0 spiro atoms. The van der Waals surface area contributed by atoms with Crippen LogP contribution in [-0.2, 0) is 20.9 Å². The third-order valence-corrected chi connectivity index (χ3v) is 16.7. The maximum Gasteiger partial charge on any atom is 0.338 e. The molecule has 3 N–H and O–H groups in total. The smallest absolute Gasteiger partial charge is 0.338 e. The zero-order valence-electron chi connectivity index (χ0n) is 30.4. The lowest BCUT2D eigenvalue weighted by molar-refractivity contribution is -0.122. The van der Waals surface area contributed by atoms with Crippen molar-refractivity contribution in [3.63, 3.8) is 0 Å². The van der Waals surface area contributed by atoms with Crippen molar-refractivity contribution in [2.24, 2.45) is 17.6 Å². The molecule has 1 amide bonds. The molecule has 2 radical (unpaired) electrons. The zero-order valence-corrected chi connectivity index (χ0v) is 34.2. The van der Waals surface area contributed by atoms with E-state index in [9.17, 15) is 9.59 Å². The van der Waals surface area contributed by atoms with Gasteiger partial charge in [0.25, 0.3) is 18.1 Å². The first-order valence-corrected chi connectivity index (χ1v) is 20.6. The fourth-order valence-corrected chi connectivity index (χ4v) is 8.18. The predicted octanol–water partition coefficient (Wildman–Crippen LogP) is 6.78. The first kappa shape index (κ1) is 41.0. The zero-order chi connectivity index (χ0) is 36.2. The molecule has 0 aliphatic rings. The van der Waals surface area contributed by atoms with E-state index in [1.54, 1.807) is 6.92 Å². The predicted molar refractivity (Wildman–Crippen MR) is 194 cm³/mol. The van der Waals surface area contributed by atoms with E-state index in [-0.39, 0.29) is 52.0 Å². The first-order valence-electron chi connectivity index (χ1n) is 15.8. The van der Waals surface area contributed by atoms with Crippen molar-refractivity contribution in [2.45, 2.75) is 115 Å². The Morgan fingerprint density at radius 3 is 1.89 bits per heavy atom. The third-order valence-electron chi connectivity index (χ3n) is 9.81. The van der Waals surface area contributed by atoms with Crippen LogP contribution < -0.4 is 24.6 Å². The number of nitrogens with one attached hydrogen (secondary N) is 1. The Morgan fingerprint density at radius 2 is 1.49 bits per heavy atom. The van der Waals surface area contributed by atoms with Gasteiger partial charge in [-0.3, -0.25) is 4.79 Å². The number of esters is 1. The molecule has 0 saturated carbocycles. The van der Waals surface area contributed by atoms with Gasteiger partial charge in [-0.1, -0.05) is 67.5 Å². The van der Waals surface area contributed by atoms with Crippen LogP contribution in [0.15, 0.2) is 4.52 Å². The molecule has 15 heteroatoms. The largest absolute Gasteiger partial charge is 0.539 e. The number of thiol groups is 2. The van der Waals surface area contributed by atoms with Crippen LogP contribution in [0.25, 0.3) is 0 Å². The van der Waals surface area contributed by atoms with E-state index in [4.69, 9.17) is 41.2 Å². The fraction of sp³-hybridized carbons (Fsp3) is 0.688. The number of aromatic nitrogens is 2. The number of nitrogens with two attached hydrogens (primary N) is 1. The van der Waals surface area contributed by atoms with Gasteiger partial charge >= 0.3 is 5.97 Å². The normalized spacial score (nSPS) is 14.4. The highest BCUT2D eigenvalue weighted by Gasteiger charge is 2.45. The number of hydrogen-bond acceptors (Lipinski definition) is 12. The summed E-state index contributed by atoms with van der Waals surface area (Å²) in [5, 5.41) is 5.25. The van der Waals surface area contributed by atoms with Gasteiger partial charge in [0.2, 0.25) is 11.8 Å². The standard InChI is InChI=1S/C32H54N4O7S2Si2/c1-15-32(45,35-27(37)26(44)28-34-20(16-33)36-41-28)22-21(29(38)40-12)19(6)23(39-11)25(43-47(14)31(9,10)18(4)5)24(22)42-46(13)30(7,8)17(2)3/h17-18,26,44-45H,15-16,33H2,1-14H3,(H,35,37). The highest BCUT2D eigenvalue weighted by molar-refractivity contribution is 7.81. The second-order valence-electron chi connectivity index (χ2n) is 13.5. The molecular formula is C32H54N4O7S2Si2. The van der Waals surface area contributed by atoms with E-state index in [1.807, 2.05) is 6.92 Å². The Kier molecular flexibility index (Phi) is 13.9. The van der Waals surface area contributed by atoms with Crippen molar-refractivity contribution in [1.82, 2.24) is 15.5 Å². The molecule has 2 atom stereocenters. The number of ether oxygens (including phenoxy) is 2. The highest BCUT2D eigenvalue weighted by Crippen LogP contribution is 2.54. The van der Waals surface area contributed by atoms with Crippen molar-refractivity contribution in [2.75, 3.05) is 14.2 Å². The van der Waals surface area contributed by atoms with Crippen LogP contribution in [-0.4, -0.2) is 54.3 Å². The molecule has 11 nitrogen and oxygen atoms in total. The molecular weight excluding hydrogens is 673 g/mol. The van der Waals surface area contributed by atoms with Crippen molar-refractivity contribution in [1.29, 1.82) is 0 Å². The van der Waals surface area contributed by atoms with E-state index in [0.29, 0.717) is 28.5 Å². The minimum atomic E-state index is -1.67. The second-order valence-corrected chi connectivity index (χ2v) is 20.0. The Balaban J connectivity index is 3.04. The summed E-state index contributed by atoms with van der Waals surface area (Å²) < 4.78 is 30.5. The van der Waals surface area contributed by atoms with E-state index in [0.717, 1.165) is 0 Å².